The summed E-state index contributed by atoms with van der Waals surface area (Å²) in [7, 11) is 1.54. The van der Waals surface area contributed by atoms with Gasteiger partial charge in [-0.25, -0.2) is 9.80 Å². The average Bonchev–Trinajstić information content (AvgIpc) is 2.71. The Morgan fingerprint density at radius 3 is 2.21 bits per heavy atom. The number of hydrogen-bond donors (Lipinski definition) is 3. The lowest BCUT2D eigenvalue weighted by Gasteiger charge is -2.21. The van der Waals surface area contributed by atoms with E-state index in [1.165, 1.54) is 12.1 Å². The molecule has 1 aliphatic heterocycles. The molecule has 0 saturated carbocycles. The standard InChI is InChI=1S/C21H23N5O3/c1-14(22-20(28)18-12-13-19(27)26(2)25-18)15-8-10-17(11-9-15)24-21(29)23-16-6-4-3-5-7-16/h3-11,14H,12-13H2,1-2H3,(H,22,28)(H2,23,24,29)/t14-/m1/s1. The van der Waals surface area contributed by atoms with E-state index >= 15 is 0 Å². The summed E-state index contributed by atoms with van der Waals surface area (Å²) in [5.41, 5.74) is 2.57. The Kier molecular flexibility index (Phi) is 6.23. The van der Waals surface area contributed by atoms with E-state index in [1.54, 1.807) is 24.3 Å². The molecule has 0 bridgehead atoms. The molecule has 0 saturated heterocycles. The molecule has 150 valence electrons. The molecule has 0 spiro atoms. The van der Waals surface area contributed by atoms with Crippen LogP contribution >= 0.6 is 0 Å². The molecule has 0 unspecified atom stereocenters. The fourth-order valence-corrected chi connectivity index (χ4v) is 2.87. The second-order valence-corrected chi connectivity index (χ2v) is 6.73. The second kappa shape index (κ2) is 9.01. The third kappa shape index (κ3) is 5.41. The first kappa shape index (κ1) is 20.1. The maximum Gasteiger partial charge on any atom is 0.323 e. The monoisotopic (exact) mass is 393 g/mol. The van der Waals surface area contributed by atoms with Crippen LogP contribution < -0.4 is 16.0 Å². The molecule has 8 nitrogen and oxygen atoms in total. The average molecular weight is 393 g/mol. The summed E-state index contributed by atoms with van der Waals surface area (Å²) in [6, 6.07) is 15.8. The van der Waals surface area contributed by atoms with Crippen molar-refractivity contribution >= 4 is 34.9 Å². The van der Waals surface area contributed by atoms with E-state index in [2.05, 4.69) is 21.1 Å². The minimum absolute atomic E-state index is 0.103. The van der Waals surface area contributed by atoms with Crippen LogP contribution in [0.25, 0.3) is 0 Å². The molecule has 4 amide bonds. The van der Waals surface area contributed by atoms with Crippen molar-refractivity contribution in [3.63, 3.8) is 0 Å². The van der Waals surface area contributed by atoms with Gasteiger partial charge in [0.15, 0.2) is 0 Å². The van der Waals surface area contributed by atoms with E-state index in [-0.39, 0.29) is 30.3 Å². The van der Waals surface area contributed by atoms with Crippen LogP contribution in [0.1, 0.15) is 31.4 Å². The maximum atomic E-state index is 12.4. The quantitative estimate of drug-likeness (QED) is 0.727. The number of rotatable bonds is 5. The van der Waals surface area contributed by atoms with Gasteiger partial charge in [-0.15, -0.1) is 0 Å². The Balaban J connectivity index is 1.55. The molecule has 8 heteroatoms. The number of para-hydroxylation sites is 1. The fourth-order valence-electron chi connectivity index (χ4n) is 2.87. The lowest BCUT2D eigenvalue weighted by molar-refractivity contribution is -0.130. The first-order chi connectivity index (χ1) is 13.9. The highest BCUT2D eigenvalue weighted by molar-refractivity contribution is 6.39. The molecule has 0 aromatic heterocycles. The lowest BCUT2D eigenvalue weighted by atomic mass is 10.1. The third-order valence-corrected chi connectivity index (χ3v) is 4.52. The summed E-state index contributed by atoms with van der Waals surface area (Å²) < 4.78 is 0. The van der Waals surface area contributed by atoms with Crippen LogP contribution in [0.2, 0.25) is 0 Å². The lowest BCUT2D eigenvalue weighted by Crippen LogP contribution is -2.38. The summed E-state index contributed by atoms with van der Waals surface area (Å²) in [5.74, 6) is -0.393. The largest absolute Gasteiger partial charge is 0.344 e. The minimum atomic E-state index is -0.334. The van der Waals surface area contributed by atoms with E-state index in [1.807, 2.05) is 37.3 Å². The normalized spacial score (nSPS) is 14.6. The first-order valence-electron chi connectivity index (χ1n) is 9.30. The van der Waals surface area contributed by atoms with Gasteiger partial charge in [0.05, 0.1) is 6.04 Å². The molecule has 3 rings (SSSR count). The van der Waals surface area contributed by atoms with Crippen LogP contribution in [-0.2, 0) is 9.59 Å². The highest BCUT2D eigenvalue weighted by Crippen LogP contribution is 2.17. The number of benzene rings is 2. The van der Waals surface area contributed by atoms with Crippen molar-refractivity contribution in [1.82, 2.24) is 10.3 Å². The van der Waals surface area contributed by atoms with Gasteiger partial charge in [-0.2, -0.15) is 5.10 Å². The molecule has 29 heavy (non-hydrogen) atoms. The van der Waals surface area contributed by atoms with Crippen LogP contribution in [-0.4, -0.2) is 35.6 Å². The molecule has 0 fully saturated rings. The van der Waals surface area contributed by atoms with Gasteiger partial charge in [0.25, 0.3) is 5.91 Å². The van der Waals surface area contributed by atoms with E-state index in [0.717, 1.165) is 5.56 Å². The van der Waals surface area contributed by atoms with Gasteiger partial charge in [-0.05, 0) is 36.8 Å². The molecule has 3 N–H and O–H groups in total. The SMILES string of the molecule is C[C@@H](NC(=O)C1=NN(C)C(=O)CC1)c1ccc(NC(=O)Nc2ccccc2)cc1. The van der Waals surface area contributed by atoms with Crippen molar-refractivity contribution in [3.05, 3.63) is 60.2 Å². The highest BCUT2D eigenvalue weighted by atomic mass is 16.2. The molecule has 0 radical (unpaired) electrons. The zero-order valence-electron chi connectivity index (χ0n) is 16.3. The fraction of sp³-hybridized carbons (Fsp3) is 0.238. The minimum Gasteiger partial charge on any atom is -0.344 e. The number of hydrazone groups is 1. The summed E-state index contributed by atoms with van der Waals surface area (Å²) in [6.45, 7) is 1.86. The zero-order valence-corrected chi connectivity index (χ0v) is 16.3. The Morgan fingerprint density at radius 2 is 1.59 bits per heavy atom. The Bertz CT molecular complexity index is 925. The number of hydrogen-bond acceptors (Lipinski definition) is 4. The molecule has 1 heterocycles. The van der Waals surface area contributed by atoms with Crippen LogP contribution in [0.4, 0.5) is 16.2 Å². The molecule has 0 aliphatic carbocycles. The predicted octanol–water partition coefficient (Wildman–Crippen LogP) is 3.12. The van der Waals surface area contributed by atoms with Crippen LogP contribution in [0, 0.1) is 0 Å². The highest BCUT2D eigenvalue weighted by Gasteiger charge is 2.23. The summed E-state index contributed by atoms with van der Waals surface area (Å²) in [6.07, 6.45) is 0.615. The molecular weight excluding hydrogens is 370 g/mol. The molecule has 1 aliphatic rings. The van der Waals surface area contributed by atoms with Crippen molar-refractivity contribution in [2.45, 2.75) is 25.8 Å². The van der Waals surface area contributed by atoms with Gasteiger partial charge >= 0.3 is 6.03 Å². The van der Waals surface area contributed by atoms with Crippen LogP contribution in [0.3, 0.4) is 0 Å². The Labute approximate surface area is 169 Å². The molecular formula is C21H23N5O3. The van der Waals surface area contributed by atoms with Gasteiger partial charge in [0.1, 0.15) is 5.71 Å². The predicted molar refractivity (Wildman–Crippen MR) is 112 cm³/mol. The topological polar surface area (TPSA) is 103 Å². The summed E-state index contributed by atoms with van der Waals surface area (Å²) in [5, 5.41) is 13.6. The zero-order chi connectivity index (χ0) is 20.8. The van der Waals surface area contributed by atoms with Crippen molar-refractivity contribution in [2.24, 2.45) is 5.10 Å². The third-order valence-electron chi connectivity index (χ3n) is 4.52. The van der Waals surface area contributed by atoms with Gasteiger partial charge in [0.2, 0.25) is 5.91 Å². The van der Waals surface area contributed by atoms with E-state index in [4.69, 9.17) is 0 Å². The number of nitrogens with one attached hydrogen (secondary N) is 3. The number of amides is 4. The number of carbonyl (C=O) groups excluding carboxylic acids is 3. The van der Waals surface area contributed by atoms with Crippen LogP contribution in [0.5, 0.6) is 0 Å². The number of urea groups is 1. The van der Waals surface area contributed by atoms with E-state index in [9.17, 15) is 14.4 Å². The Morgan fingerprint density at radius 1 is 0.966 bits per heavy atom. The van der Waals surface area contributed by atoms with Gasteiger partial charge in [-0.1, -0.05) is 30.3 Å². The second-order valence-electron chi connectivity index (χ2n) is 6.73. The van der Waals surface area contributed by atoms with Crippen molar-refractivity contribution in [2.75, 3.05) is 17.7 Å². The molecule has 1 atom stereocenters. The van der Waals surface area contributed by atoms with Crippen molar-refractivity contribution in [3.8, 4) is 0 Å². The van der Waals surface area contributed by atoms with Gasteiger partial charge in [0, 0.05) is 31.3 Å². The molecule has 2 aromatic rings. The Hall–Kier alpha value is -3.68. The van der Waals surface area contributed by atoms with Crippen LogP contribution in [0.15, 0.2) is 59.7 Å². The smallest absolute Gasteiger partial charge is 0.323 e. The number of carbonyl (C=O) groups is 3. The van der Waals surface area contributed by atoms with E-state index < -0.39 is 0 Å². The summed E-state index contributed by atoms with van der Waals surface area (Å²) >= 11 is 0. The van der Waals surface area contributed by atoms with Crippen molar-refractivity contribution < 1.29 is 14.4 Å². The molecule has 2 aromatic carbocycles. The number of anilines is 2. The van der Waals surface area contributed by atoms with Crippen molar-refractivity contribution in [1.29, 1.82) is 0 Å². The number of nitrogens with zero attached hydrogens (tertiary/aromatic N) is 2. The summed E-state index contributed by atoms with van der Waals surface area (Å²) in [4.78, 5) is 35.9. The van der Waals surface area contributed by atoms with Gasteiger partial charge < -0.3 is 16.0 Å². The van der Waals surface area contributed by atoms with Gasteiger partial charge in [-0.3, -0.25) is 9.59 Å². The van der Waals surface area contributed by atoms with E-state index in [0.29, 0.717) is 23.5 Å². The maximum absolute atomic E-state index is 12.4. The first-order valence-corrected chi connectivity index (χ1v) is 9.30.